The van der Waals surface area contributed by atoms with Gasteiger partial charge in [-0.1, -0.05) is 121 Å². The number of benzene rings is 4. The van der Waals surface area contributed by atoms with Crippen molar-refractivity contribution in [3.8, 4) is 0 Å². The third kappa shape index (κ3) is 21.4. The minimum Gasteiger partial charge on any atom is -0.341 e. The number of unbranched alkanes of at least 4 members (excludes halogenated alkanes) is 3. The van der Waals surface area contributed by atoms with Crippen molar-refractivity contribution in [1.29, 1.82) is 0 Å². The van der Waals surface area contributed by atoms with E-state index in [1.807, 2.05) is 128 Å². The Morgan fingerprint density at radius 2 is 0.562 bits per heavy atom. The van der Waals surface area contributed by atoms with Gasteiger partial charge in [0, 0.05) is 59.3 Å². The van der Waals surface area contributed by atoms with E-state index < -0.39 is 42.6 Å². The highest BCUT2D eigenvalue weighted by Crippen LogP contribution is 2.14. The second kappa shape index (κ2) is 32.9. The molecule has 4 aromatic rings. The molecule has 17 heteroatoms. The van der Waals surface area contributed by atoms with Crippen molar-refractivity contribution in [3.05, 3.63) is 144 Å². The summed E-state index contributed by atoms with van der Waals surface area (Å²) in [4.78, 5) is 109. The van der Waals surface area contributed by atoms with E-state index >= 15 is 0 Å². The molecule has 0 saturated heterocycles. The normalized spacial score (nSPS) is 10.8. The zero-order valence-corrected chi connectivity index (χ0v) is 43.0. The van der Waals surface area contributed by atoms with Gasteiger partial charge in [-0.15, -0.1) is 0 Å². The zero-order chi connectivity index (χ0) is 52.8. The monoisotopic (exact) mass is 1000 g/mol. The number of hydrogen-bond donors (Lipinski definition) is 3. The van der Waals surface area contributed by atoms with Crippen LogP contribution < -0.4 is 17.2 Å². The number of nitrogens with zero attached hydrogens (tertiary/aromatic N) is 7. The first-order valence-corrected chi connectivity index (χ1v) is 25.5. The molecule has 0 spiro atoms. The van der Waals surface area contributed by atoms with Gasteiger partial charge < -0.3 is 51.5 Å². The summed E-state index contributed by atoms with van der Waals surface area (Å²) in [6.45, 7) is 4.18. The summed E-state index contributed by atoms with van der Waals surface area (Å²) in [6, 6.07) is 37.0. The van der Waals surface area contributed by atoms with Gasteiger partial charge in [-0.05, 0) is 87.3 Å². The van der Waals surface area contributed by atoms with Gasteiger partial charge in [0.15, 0.2) is 0 Å². The molecule has 0 unspecified atom stereocenters. The number of carbonyl (C=O) groups excluding carboxylic acids is 7. The van der Waals surface area contributed by atoms with Crippen molar-refractivity contribution in [3.63, 3.8) is 0 Å². The minimum atomic E-state index is -0.516. The van der Waals surface area contributed by atoms with E-state index in [9.17, 15) is 33.6 Å². The summed E-state index contributed by atoms with van der Waals surface area (Å²) in [5.41, 5.74) is 20.6. The molecule has 73 heavy (non-hydrogen) atoms. The summed E-state index contributed by atoms with van der Waals surface area (Å²) in [7, 11) is 0. The van der Waals surface area contributed by atoms with Crippen molar-refractivity contribution in [1.82, 2.24) is 34.3 Å². The Bertz CT molecular complexity index is 2290. The summed E-state index contributed by atoms with van der Waals surface area (Å²) < 4.78 is 0. The molecule has 6 N–H and O–H groups in total. The first kappa shape index (κ1) is 58.6. The third-order valence-electron chi connectivity index (χ3n) is 12.4. The number of nitrogens with two attached hydrogens (primary N) is 3. The van der Waals surface area contributed by atoms with Crippen LogP contribution in [0.25, 0.3) is 0 Å². The van der Waals surface area contributed by atoms with Crippen LogP contribution in [0.5, 0.6) is 0 Å². The lowest BCUT2D eigenvalue weighted by atomic mass is 10.2. The Hall–Kier alpha value is -6.95. The average molecular weight is 1000 g/mol. The summed E-state index contributed by atoms with van der Waals surface area (Å²) in [5.74, 6) is -2.93. The lowest BCUT2D eigenvalue weighted by molar-refractivity contribution is -0.149. The highest BCUT2D eigenvalue weighted by molar-refractivity contribution is 5.92. The molecule has 0 saturated carbocycles. The molecule has 394 valence electrons. The van der Waals surface area contributed by atoms with Crippen LogP contribution in [0.2, 0.25) is 0 Å². The largest absolute Gasteiger partial charge is 0.341 e. The molecule has 0 radical (unpaired) electrons. The molecule has 4 rings (SSSR count). The quantitative estimate of drug-likeness (QED) is 0.0586. The highest BCUT2D eigenvalue weighted by Gasteiger charge is 2.30. The molecule has 0 aliphatic carbocycles. The molecule has 0 aromatic heterocycles. The molecule has 0 aliphatic rings. The lowest BCUT2D eigenvalue weighted by Gasteiger charge is -2.32. The molecule has 0 bridgehead atoms. The van der Waals surface area contributed by atoms with E-state index in [-0.39, 0.29) is 77.3 Å². The maximum absolute atomic E-state index is 14.7. The average Bonchev–Trinajstić information content (AvgIpc) is 3.39. The second-order valence-electron chi connectivity index (χ2n) is 18.2. The van der Waals surface area contributed by atoms with Gasteiger partial charge in [-0.2, -0.15) is 0 Å². The fourth-order valence-corrected chi connectivity index (χ4v) is 8.15. The van der Waals surface area contributed by atoms with E-state index in [1.54, 1.807) is 4.90 Å². The molecule has 17 nitrogen and oxygen atoms in total. The van der Waals surface area contributed by atoms with Crippen molar-refractivity contribution in [2.45, 2.75) is 78.6 Å². The molecular formula is C56H78N10O7. The first-order chi connectivity index (χ1) is 35.3. The number of amides is 7. The van der Waals surface area contributed by atoms with Crippen LogP contribution in [0.3, 0.4) is 0 Å². The van der Waals surface area contributed by atoms with Crippen LogP contribution in [0, 0.1) is 0 Å². The van der Waals surface area contributed by atoms with E-state index in [1.165, 1.54) is 36.3 Å². The molecule has 0 atom stereocenters. The fraction of sp³-hybridized carbons (Fsp3) is 0.446. The van der Waals surface area contributed by atoms with Crippen LogP contribution in [-0.2, 0) is 59.7 Å². The highest BCUT2D eigenvalue weighted by atomic mass is 16.2. The number of hydrogen-bond acceptors (Lipinski definition) is 10. The van der Waals surface area contributed by atoms with Crippen molar-refractivity contribution < 1.29 is 33.6 Å². The predicted molar refractivity (Wildman–Crippen MR) is 283 cm³/mol. The standard InChI is InChI=1S/C56H78N10O7/c1-3-60(33-19-16-30-57)51(68)43-64(37-48-24-10-5-11-25-48)56(73)45-66(39-50-28-14-7-15-29-50)55(72)41-62(35-21-18-32-59)53(70)44-65(38-49-26-12-6-13-27-49)54(71)40-61(34-20-17-31-58)52(69)42-63(46(2)67)36-47-22-8-4-9-23-47/h4-15,22-29H,3,16-21,30-45,57-59H2,1-2H3. The number of carbonyl (C=O) groups is 7. The van der Waals surface area contributed by atoms with Crippen molar-refractivity contribution in [2.24, 2.45) is 17.2 Å². The van der Waals surface area contributed by atoms with Gasteiger partial charge in [0.25, 0.3) is 0 Å². The molecular weight excluding hydrogens is 925 g/mol. The topological polar surface area (TPSA) is 220 Å². The summed E-state index contributed by atoms with van der Waals surface area (Å²) >= 11 is 0. The van der Waals surface area contributed by atoms with Gasteiger partial charge >= 0.3 is 0 Å². The number of rotatable bonds is 33. The molecule has 0 aliphatic heterocycles. The van der Waals surface area contributed by atoms with Gasteiger partial charge in [-0.3, -0.25) is 33.6 Å². The minimum absolute atomic E-state index is 0.0293. The molecule has 4 aromatic carbocycles. The Morgan fingerprint density at radius 3 is 0.836 bits per heavy atom. The van der Waals surface area contributed by atoms with Crippen LogP contribution >= 0.6 is 0 Å². The molecule has 7 amide bonds. The van der Waals surface area contributed by atoms with E-state index in [2.05, 4.69) is 0 Å². The number of likely N-dealkylation sites (N-methyl/N-ethyl adjacent to an activating group) is 1. The van der Waals surface area contributed by atoms with Gasteiger partial charge in [-0.25, -0.2) is 0 Å². The van der Waals surface area contributed by atoms with E-state index in [0.717, 1.165) is 35.1 Å². The van der Waals surface area contributed by atoms with E-state index in [0.29, 0.717) is 58.4 Å². The molecule has 0 heterocycles. The Labute approximate surface area is 432 Å². The van der Waals surface area contributed by atoms with Crippen LogP contribution in [-0.4, -0.2) is 161 Å². The lowest BCUT2D eigenvalue weighted by Crippen LogP contribution is -2.51. The second-order valence-corrected chi connectivity index (χ2v) is 18.2. The van der Waals surface area contributed by atoms with Gasteiger partial charge in [0.05, 0.1) is 13.1 Å². The Balaban J connectivity index is 1.62. The maximum atomic E-state index is 14.7. The Kier molecular flexibility index (Phi) is 26.4. The van der Waals surface area contributed by atoms with Crippen LogP contribution in [0.15, 0.2) is 121 Å². The summed E-state index contributed by atoms with van der Waals surface area (Å²) in [6.07, 6.45) is 3.61. The maximum Gasteiger partial charge on any atom is 0.242 e. The van der Waals surface area contributed by atoms with Crippen molar-refractivity contribution in [2.75, 3.05) is 85.1 Å². The SMILES string of the molecule is CCN(CCCCN)C(=O)CN(Cc1ccccc1)C(=O)CN(Cc1ccccc1)C(=O)CN(CCCCN)C(=O)CN(Cc1ccccc1)C(=O)CN(CCCCN)C(=O)CN(Cc1ccccc1)C(C)=O. The fourth-order valence-electron chi connectivity index (χ4n) is 8.15. The summed E-state index contributed by atoms with van der Waals surface area (Å²) in [5, 5.41) is 0. The third-order valence-corrected chi connectivity index (χ3v) is 12.4. The van der Waals surface area contributed by atoms with E-state index in [4.69, 9.17) is 17.2 Å². The smallest absolute Gasteiger partial charge is 0.242 e. The van der Waals surface area contributed by atoms with Crippen LogP contribution in [0.1, 0.15) is 74.6 Å². The van der Waals surface area contributed by atoms with Gasteiger partial charge in [0.1, 0.15) is 26.2 Å². The predicted octanol–water partition coefficient (Wildman–Crippen LogP) is 3.84. The first-order valence-electron chi connectivity index (χ1n) is 25.5. The molecule has 0 fully saturated rings. The zero-order valence-electron chi connectivity index (χ0n) is 43.0. The van der Waals surface area contributed by atoms with Crippen LogP contribution in [0.4, 0.5) is 0 Å². The van der Waals surface area contributed by atoms with Crippen molar-refractivity contribution >= 4 is 41.4 Å². The Morgan fingerprint density at radius 1 is 0.329 bits per heavy atom. The van der Waals surface area contributed by atoms with Gasteiger partial charge in [0.2, 0.25) is 41.4 Å².